The predicted molar refractivity (Wildman–Crippen MR) is 130 cm³/mol. The van der Waals surface area contributed by atoms with E-state index in [9.17, 15) is 9.59 Å². The number of amides is 1. The van der Waals surface area contributed by atoms with Crippen molar-refractivity contribution in [3.8, 4) is 5.69 Å². The summed E-state index contributed by atoms with van der Waals surface area (Å²) >= 11 is 2.80. The zero-order valence-electron chi connectivity index (χ0n) is 18.5. The first-order valence-electron chi connectivity index (χ1n) is 10.8. The Balaban J connectivity index is 1.47. The summed E-state index contributed by atoms with van der Waals surface area (Å²) in [6, 6.07) is 7.82. The molecule has 0 saturated heterocycles. The Morgan fingerprint density at radius 1 is 1.24 bits per heavy atom. The van der Waals surface area contributed by atoms with Crippen molar-refractivity contribution in [1.29, 1.82) is 0 Å². The molecule has 0 bridgehead atoms. The van der Waals surface area contributed by atoms with E-state index in [0.717, 1.165) is 40.9 Å². The fraction of sp³-hybridized carbons (Fsp3) is 0.348. The fourth-order valence-corrected chi connectivity index (χ4v) is 5.96. The van der Waals surface area contributed by atoms with E-state index in [-0.39, 0.29) is 29.2 Å². The molecule has 0 unspecified atom stereocenters. The number of hydrogen-bond acceptors (Lipinski definition) is 8. The van der Waals surface area contributed by atoms with Crippen LogP contribution in [0.1, 0.15) is 48.1 Å². The number of carbonyl (C=O) groups excluding carboxylic acids is 1. The van der Waals surface area contributed by atoms with Crippen molar-refractivity contribution < 1.29 is 9.21 Å². The normalized spacial score (nSPS) is 13.1. The van der Waals surface area contributed by atoms with Gasteiger partial charge in [0, 0.05) is 10.8 Å². The van der Waals surface area contributed by atoms with Crippen LogP contribution in [-0.2, 0) is 17.6 Å². The lowest BCUT2D eigenvalue weighted by Crippen LogP contribution is -2.23. The third-order valence-corrected chi connectivity index (χ3v) is 7.64. The van der Waals surface area contributed by atoms with Crippen LogP contribution in [0.5, 0.6) is 0 Å². The molecule has 0 fully saturated rings. The molecular weight excluding hydrogens is 458 g/mol. The van der Waals surface area contributed by atoms with E-state index < -0.39 is 0 Å². The molecule has 1 aliphatic rings. The first-order valence-corrected chi connectivity index (χ1v) is 12.6. The van der Waals surface area contributed by atoms with E-state index in [4.69, 9.17) is 9.40 Å². The van der Waals surface area contributed by atoms with Gasteiger partial charge < -0.3 is 4.42 Å². The topological polar surface area (TPSA) is 103 Å². The number of hydrogen-bond donors (Lipinski definition) is 1. The molecule has 1 N–H and O–H groups in total. The molecule has 4 aromatic rings. The van der Waals surface area contributed by atoms with Crippen LogP contribution in [0.4, 0.5) is 6.01 Å². The number of nitrogens with one attached hydrogen (secondary N) is 1. The van der Waals surface area contributed by atoms with E-state index in [1.54, 1.807) is 15.9 Å². The second-order valence-electron chi connectivity index (χ2n) is 8.34. The van der Waals surface area contributed by atoms with Crippen molar-refractivity contribution >= 4 is 45.2 Å². The van der Waals surface area contributed by atoms with Crippen LogP contribution in [-0.4, -0.2) is 31.4 Å². The average molecular weight is 482 g/mol. The number of aryl methyl sites for hydroxylation is 3. The molecule has 3 aromatic heterocycles. The van der Waals surface area contributed by atoms with Crippen LogP contribution >= 0.6 is 23.1 Å². The summed E-state index contributed by atoms with van der Waals surface area (Å²) in [4.78, 5) is 33.0. The summed E-state index contributed by atoms with van der Waals surface area (Å²) in [7, 11) is 0. The van der Waals surface area contributed by atoms with Gasteiger partial charge in [-0.2, -0.15) is 0 Å². The van der Waals surface area contributed by atoms with Gasteiger partial charge in [0.15, 0.2) is 5.16 Å². The van der Waals surface area contributed by atoms with Crippen molar-refractivity contribution in [2.45, 2.75) is 51.1 Å². The smallest absolute Gasteiger partial charge is 0.322 e. The van der Waals surface area contributed by atoms with Gasteiger partial charge in [0.25, 0.3) is 5.56 Å². The van der Waals surface area contributed by atoms with Gasteiger partial charge in [-0.05, 0) is 43.9 Å². The lowest BCUT2D eigenvalue weighted by molar-refractivity contribution is -0.113. The molecule has 3 heterocycles. The highest BCUT2D eigenvalue weighted by molar-refractivity contribution is 7.99. The predicted octanol–water partition coefficient (Wildman–Crippen LogP) is 4.48. The lowest BCUT2D eigenvalue weighted by Gasteiger charge is -2.12. The fourth-order valence-electron chi connectivity index (χ4n) is 3.85. The van der Waals surface area contributed by atoms with E-state index in [1.807, 2.05) is 45.0 Å². The SMILES string of the molecule is Cc1ccc(-n2c(SCC(=O)Nc3nnc(C(C)C)o3)nc3sc4c(c3c2=O)CCC4)cc1. The van der Waals surface area contributed by atoms with Crippen molar-refractivity contribution in [3.63, 3.8) is 0 Å². The van der Waals surface area contributed by atoms with Gasteiger partial charge in [0.2, 0.25) is 11.8 Å². The number of nitrogens with zero attached hydrogens (tertiary/aromatic N) is 4. The molecule has 1 amide bonds. The molecule has 5 rings (SSSR count). The van der Waals surface area contributed by atoms with Gasteiger partial charge in [0.05, 0.1) is 16.8 Å². The number of aromatic nitrogens is 4. The molecule has 0 aliphatic heterocycles. The maximum absolute atomic E-state index is 13.6. The van der Waals surface area contributed by atoms with Crippen molar-refractivity contribution in [2.24, 2.45) is 0 Å². The number of fused-ring (bicyclic) bond motifs is 3. The van der Waals surface area contributed by atoms with Crippen molar-refractivity contribution in [3.05, 3.63) is 56.5 Å². The highest BCUT2D eigenvalue weighted by Crippen LogP contribution is 2.36. The Morgan fingerprint density at radius 3 is 2.76 bits per heavy atom. The lowest BCUT2D eigenvalue weighted by atomic mass is 10.2. The van der Waals surface area contributed by atoms with Gasteiger partial charge >= 0.3 is 6.01 Å². The summed E-state index contributed by atoms with van der Waals surface area (Å²) in [5.41, 5.74) is 2.90. The van der Waals surface area contributed by atoms with Crippen LogP contribution in [0.2, 0.25) is 0 Å². The zero-order valence-corrected chi connectivity index (χ0v) is 20.2. The molecular formula is C23H23N5O3S2. The Labute approximate surface area is 198 Å². The number of anilines is 1. The zero-order chi connectivity index (χ0) is 23.1. The Kier molecular flexibility index (Phi) is 5.79. The van der Waals surface area contributed by atoms with Gasteiger partial charge in [-0.1, -0.05) is 48.4 Å². The number of carbonyl (C=O) groups is 1. The molecule has 1 aromatic carbocycles. The second-order valence-corrected chi connectivity index (χ2v) is 10.4. The Hall–Kier alpha value is -2.98. The highest BCUT2D eigenvalue weighted by atomic mass is 32.2. The molecule has 0 radical (unpaired) electrons. The summed E-state index contributed by atoms with van der Waals surface area (Å²) < 4.78 is 7.07. The molecule has 10 heteroatoms. The minimum Gasteiger partial charge on any atom is -0.408 e. The van der Waals surface area contributed by atoms with Crippen LogP contribution in [0.25, 0.3) is 15.9 Å². The van der Waals surface area contributed by atoms with Crippen molar-refractivity contribution in [1.82, 2.24) is 19.7 Å². The van der Waals surface area contributed by atoms with Gasteiger partial charge in [-0.3, -0.25) is 19.5 Å². The minimum atomic E-state index is -0.308. The monoisotopic (exact) mass is 481 g/mol. The molecule has 170 valence electrons. The quantitative estimate of drug-likeness (QED) is 0.320. The van der Waals surface area contributed by atoms with E-state index in [1.165, 1.54) is 16.6 Å². The first-order chi connectivity index (χ1) is 15.9. The number of thiophene rings is 1. The summed E-state index contributed by atoms with van der Waals surface area (Å²) in [6.07, 6.45) is 2.98. The van der Waals surface area contributed by atoms with E-state index >= 15 is 0 Å². The van der Waals surface area contributed by atoms with Crippen LogP contribution in [0, 0.1) is 6.92 Å². The van der Waals surface area contributed by atoms with E-state index in [0.29, 0.717) is 16.4 Å². The minimum absolute atomic E-state index is 0.0499. The van der Waals surface area contributed by atoms with Gasteiger partial charge in [-0.25, -0.2) is 4.98 Å². The standard InChI is InChI=1S/C23H23N5O3S2/c1-12(2)19-26-27-22(31-19)24-17(29)11-32-23-25-20-18(15-5-4-6-16(15)33-20)21(30)28(23)14-9-7-13(3)8-10-14/h7-10,12H,4-6,11H2,1-3H3,(H,24,27,29). The number of thioether (sulfide) groups is 1. The third-order valence-electron chi connectivity index (χ3n) is 5.51. The van der Waals surface area contributed by atoms with Crippen LogP contribution in [0.15, 0.2) is 38.6 Å². The Bertz CT molecular complexity index is 1400. The van der Waals surface area contributed by atoms with E-state index in [2.05, 4.69) is 15.5 Å². The maximum atomic E-state index is 13.6. The summed E-state index contributed by atoms with van der Waals surface area (Å²) in [5, 5.41) is 11.6. The highest BCUT2D eigenvalue weighted by Gasteiger charge is 2.24. The average Bonchev–Trinajstić information content (AvgIpc) is 3.49. The largest absolute Gasteiger partial charge is 0.408 e. The first kappa shape index (κ1) is 21.8. The second kappa shape index (κ2) is 8.75. The number of benzene rings is 1. The molecule has 0 atom stereocenters. The van der Waals surface area contributed by atoms with Gasteiger partial charge in [-0.15, -0.1) is 16.4 Å². The number of rotatable bonds is 6. The van der Waals surface area contributed by atoms with Crippen LogP contribution < -0.4 is 10.9 Å². The maximum Gasteiger partial charge on any atom is 0.322 e. The summed E-state index contributed by atoms with van der Waals surface area (Å²) in [6.45, 7) is 5.87. The van der Waals surface area contributed by atoms with Gasteiger partial charge in [0.1, 0.15) is 4.83 Å². The third kappa shape index (κ3) is 4.20. The summed E-state index contributed by atoms with van der Waals surface area (Å²) in [5.74, 6) is 0.278. The molecule has 1 aliphatic carbocycles. The molecule has 33 heavy (non-hydrogen) atoms. The molecule has 8 nitrogen and oxygen atoms in total. The van der Waals surface area contributed by atoms with Crippen molar-refractivity contribution in [2.75, 3.05) is 11.1 Å². The molecule has 0 saturated carbocycles. The Morgan fingerprint density at radius 2 is 2.03 bits per heavy atom. The van der Waals surface area contributed by atoms with Crippen LogP contribution in [0.3, 0.4) is 0 Å². The molecule has 0 spiro atoms.